The molecule has 1 saturated carbocycles. The second kappa shape index (κ2) is 7.28. The summed E-state index contributed by atoms with van der Waals surface area (Å²) in [4.78, 5) is 0. The number of furan rings is 1. The molecule has 1 atom stereocenters. The molecule has 1 aromatic rings. The van der Waals surface area contributed by atoms with Crippen molar-refractivity contribution < 1.29 is 9.15 Å². The van der Waals surface area contributed by atoms with Gasteiger partial charge in [-0.05, 0) is 57.6 Å². The van der Waals surface area contributed by atoms with Crippen LogP contribution in [0.15, 0.2) is 23.0 Å². The van der Waals surface area contributed by atoms with Crippen LogP contribution in [-0.2, 0) is 4.74 Å². The highest BCUT2D eigenvalue weighted by Gasteiger charge is 2.42. The molecule has 3 nitrogen and oxygen atoms in total. The van der Waals surface area contributed by atoms with Gasteiger partial charge in [0.1, 0.15) is 0 Å². The quantitative estimate of drug-likeness (QED) is 0.808. The minimum atomic E-state index is -0.0691. The molecule has 0 spiro atoms. The fraction of sp³-hybridized carbons (Fsp3) is 0.765. The van der Waals surface area contributed by atoms with Crippen molar-refractivity contribution in [2.45, 2.75) is 64.5 Å². The van der Waals surface area contributed by atoms with Crippen LogP contribution in [0.4, 0.5) is 0 Å². The van der Waals surface area contributed by atoms with E-state index in [2.05, 4.69) is 32.2 Å². The van der Waals surface area contributed by atoms with E-state index in [1.165, 1.54) is 18.4 Å². The van der Waals surface area contributed by atoms with E-state index in [0.29, 0.717) is 0 Å². The van der Waals surface area contributed by atoms with Crippen LogP contribution >= 0.6 is 0 Å². The third kappa shape index (κ3) is 3.44. The molecule has 2 rings (SSSR count). The summed E-state index contributed by atoms with van der Waals surface area (Å²) in [6, 6.07) is 2.32. The van der Waals surface area contributed by atoms with Crippen molar-refractivity contribution in [1.29, 1.82) is 0 Å². The molecule has 0 aliphatic heterocycles. The average Bonchev–Trinajstić information content (AvgIpc) is 2.97. The van der Waals surface area contributed by atoms with Crippen molar-refractivity contribution in [3.63, 3.8) is 0 Å². The monoisotopic (exact) mass is 279 g/mol. The first-order valence-electron chi connectivity index (χ1n) is 8.11. The number of ether oxygens (including phenoxy) is 1. The lowest BCUT2D eigenvalue weighted by Gasteiger charge is -2.45. The molecule has 0 aromatic carbocycles. The third-order valence-electron chi connectivity index (χ3n) is 4.55. The Morgan fingerprint density at radius 1 is 1.40 bits per heavy atom. The summed E-state index contributed by atoms with van der Waals surface area (Å²) in [5.41, 5.74) is 1.15. The second-order valence-corrected chi connectivity index (χ2v) is 6.12. The maximum atomic E-state index is 6.30. The Hall–Kier alpha value is -0.800. The highest BCUT2D eigenvalue weighted by atomic mass is 16.5. The van der Waals surface area contributed by atoms with Crippen molar-refractivity contribution in [2.75, 3.05) is 13.2 Å². The van der Waals surface area contributed by atoms with Crippen LogP contribution in [0.2, 0.25) is 0 Å². The Morgan fingerprint density at radius 2 is 2.15 bits per heavy atom. The number of hydrogen-bond donors (Lipinski definition) is 1. The molecule has 1 heterocycles. The van der Waals surface area contributed by atoms with Crippen molar-refractivity contribution >= 4 is 0 Å². The van der Waals surface area contributed by atoms with E-state index in [0.717, 1.165) is 38.3 Å². The van der Waals surface area contributed by atoms with Crippen molar-refractivity contribution in [3.05, 3.63) is 24.2 Å². The zero-order valence-electron chi connectivity index (χ0n) is 13.2. The van der Waals surface area contributed by atoms with E-state index in [1.54, 1.807) is 6.26 Å². The van der Waals surface area contributed by atoms with Crippen LogP contribution in [-0.4, -0.2) is 18.8 Å². The zero-order chi connectivity index (χ0) is 14.4. The molecular weight excluding hydrogens is 250 g/mol. The molecule has 1 aliphatic carbocycles. The largest absolute Gasteiger partial charge is 0.472 e. The highest BCUT2D eigenvalue weighted by Crippen LogP contribution is 2.43. The predicted octanol–water partition coefficient (Wildman–Crippen LogP) is 4.31. The molecule has 0 radical (unpaired) electrons. The summed E-state index contributed by atoms with van der Waals surface area (Å²) < 4.78 is 11.6. The van der Waals surface area contributed by atoms with Crippen LogP contribution in [0.25, 0.3) is 0 Å². The molecule has 0 amide bonds. The van der Waals surface area contributed by atoms with Crippen molar-refractivity contribution in [3.8, 4) is 0 Å². The molecule has 0 bridgehead atoms. The maximum absolute atomic E-state index is 6.30. The Balaban J connectivity index is 2.22. The van der Waals surface area contributed by atoms with Crippen molar-refractivity contribution in [1.82, 2.24) is 5.32 Å². The Kier molecular flexibility index (Phi) is 5.67. The lowest BCUT2D eigenvalue weighted by atomic mass is 9.73. The van der Waals surface area contributed by atoms with Gasteiger partial charge in [-0.1, -0.05) is 13.8 Å². The summed E-state index contributed by atoms with van der Waals surface area (Å²) in [7, 11) is 0. The lowest BCUT2D eigenvalue weighted by Crippen LogP contribution is -2.48. The molecule has 0 saturated heterocycles. The molecule has 3 heteroatoms. The van der Waals surface area contributed by atoms with Gasteiger partial charge in [-0.25, -0.2) is 0 Å². The maximum Gasteiger partial charge on any atom is 0.0951 e. The number of nitrogens with one attached hydrogen (secondary N) is 1. The Morgan fingerprint density at radius 3 is 2.70 bits per heavy atom. The average molecular weight is 279 g/mol. The van der Waals surface area contributed by atoms with Gasteiger partial charge in [0, 0.05) is 12.2 Å². The van der Waals surface area contributed by atoms with Crippen LogP contribution in [0.3, 0.4) is 0 Å². The summed E-state index contributed by atoms with van der Waals surface area (Å²) in [5.74, 6) is 0.819. The molecule has 1 unspecified atom stereocenters. The predicted molar refractivity (Wildman–Crippen MR) is 81.7 cm³/mol. The van der Waals surface area contributed by atoms with Crippen LogP contribution in [0, 0.1) is 5.92 Å². The Bertz CT molecular complexity index is 366. The van der Waals surface area contributed by atoms with E-state index in [1.807, 2.05) is 6.26 Å². The molecule has 114 valence electrons. The molecule has 1 N–H and O–H groups in total. The molecule has 1 aliphatic rings. The lowest BCUT2D eigenvalue weighted by molar-refractivity contribution is -0.0976. The minimum absolute atomic E-state index is 0.0691. The van der Waals surface area contributed by atoms with E-state index in [-0.39, 0.29) is 11.6 Å². The Labute approximate surface area is 123 Å². The first-order valence-corrected chi connectivity index (χ1v) is 8.11. The van der Waals surface area contributed by atoms with E-state index < -0.39 is 0 Å². The summed E-state index contributed by atoms with van der Waals surface area (Å²) in [6.45, 7) is 8.45. The fourth-order valence-corrected chi connectivity index (χ4v) is 3.39. The number of rotatable bonds is 7. The number of hydrogen-bond acceptors (Lipinski definition) is 3. The van der Waals surface area contributed by atoms with Gasteiger partial charge in [-0.2, -0.15) is 0 Å². The highest BCUT2D eigenvalue weighted by molar-refractivity contribution is 5.18. The normalized spacial score (nSPS) is 28.4. The van der Waals surface area contributed by atoms with Gasteiger partial charge in [0.25, 0.3) is 0 Å². The van der Waals surface area contributed by atoms with Gasteiger partial charge < -0.3 is 14.5 Å². The van der Waals surface area contributed by atoms with Gasteiger partial charge >= 0.3 is 0 Å². The van der Waals surface area contributed by atoms with Crippen LogP contribution in [0.5, 0.6) is 0 Å². The van der Waals surface area contributed by atoms with Crippen molar-refractivity contribution in [2.24, 2.45) is 5.92 Å². The topological polar surface area (TPSA) is 34.4 Å². The first kappa shape index (κ1) is 15.6. The minimum Gasteiger partial charge on any atom is -0.472 e. The standard InChI is InChI=1S/C17H29NO2/c1-4-11-18-16(15-8-12-19-13-15)17(20-5-2)9-6-14(3)7-10-17/h8,12-14,16,18H,4-7,9-11H2,1-3H3. The fourth-order valence-electron chi connectivity index (χ4n) is 3.39. The smallest absolute Gasteiger partial charge is 0.0951 e. The molecule has 20 heavy (non-hydrogen) atoms. The van der Waals surface area contributed by atoms with E-state index >= 15 is 0 Å². The zero-order valence-corrected chi connectivity index (χ0v) is 13.2. The van der Waals surface area contributed by atoms with Gasteiger partial charge in [0.2, 0.25) is 0 Å². The van der Waals surface area contributed by atoms with Gasteiger partial charge in [-0.15, -0.1) is 0 Å². The summed E-state index contributed by atoms with van der Waals surface area (Å²) in [6.07, 6.45) is 9.54. The second-order valence-electron chi connectivity index (χ2n) is 6.12. The SMILES string of the molecule is CCCNC(c1ccoc1)C1(OCC)CCC(C)CC1. The van der Waals surface area contributed by atoms with Gasteiger partial charge in [-0.3, -0.25) is 0 Å². The van der Waals surface area contributed by atoms with Gasteiger partial charge in [0.15, 0.2) is 0 Å². The van der Waals surface area contributed by atoms with Crippen LogP contribution < -0.4 is 5.32 Å². The summed E-state index contributed by atoms with van der Waals surface area (Å²) in [5, 5.41) is 3.70. The summed E-state index contributed by atoms with van der Waals surface area (Å²) >= 11 is 0. The van der Waals surface area contributed by atoms with Crippen LogP contribution in [0.1, 0.15) is 64.5 Å². The van der Waals surface area contributed by atoms with E-state index in [9.17, 15) is 0 Å². The molecule has 1 fully saturated rings. The molecular formula is C17H29NO2. The van der Waals surface area contributed by atoms with E-state index in [4.69, 9.17) is 9.15 Å². The third-order valence-corrected chi connectivity index (χ3v) is 4.55. The van der Waals surface area contributed by atoms with Gasteiger partial charge in [0.05, 0.1) is 24.2 Å². The first-order chi connectivity index (χ1) is 9.72. The molecule has 1 aromatic heterocycles.